The second kappa shape index (κ2) is 7.45. The van der Waals surface area contributed by atoms with Gasteiger partial charge in [0, 0.05) is 21.2 Å². The van der Waals surface area contributed by atoms with Gasteiger partial charge in [0.1, 0.15) is 0 Å². The van der Waals surface area contributed by atoms with Gasteiger partial charge < -0.3 is 5.32 Å². The van der Waals surface area contributed by atoms with Crippen molar-refractivity contribution >= 4 is 27.7 Å². The molecule has 0 heterocycles. The zero-order chi connectivity index (χ0) is 12.8. The third-order valence-electron chi connectivity index (χ3n) is 3.11. The first-order valence-corrected chi connectivity index (χ1v) is 7.95. The first-order chi connectivity index (χ1) is 8.08. The molecule has 0 aliphatic rings. The molecule has 0 bridgehead atoms. The smallest absolute Gasteiger partial charge is 0.0314 e. The molecule has 0 fully saturated rings. The molecular weight excluding hydrogens is 294 g/mol. The fourth-order valence-corrected chi connectivity index (χ4v) is 3.22. The highest BCUT2D eigenvalue weighted by Gasteiger charge is 2.07. The summed E-state index contributed by atoms with van der Waals surface area (Å²) in [5.41, 5.74) is 1.33. The lowest BCUT2D eigenvalue weighted by atomic mass is 10.1. The first-order valence-electron chi connectivity index (χ1n) is 6.18. The number of benzene rings is 1. The summed E-state index contributed by atoms with van der Waals surface area (Å²) >= 11 is 5.61. The Hall–Kier alpha value is 0.01000. The van der Waals surface area contributed by atoms with E-state index < -0.39 is 0 Å². The Labute approximate surface area is 118 Å². The molecule has 0 aliphatic carbocycles. The van der Waals surface area contributed by atoms with Crippen molar-refractivity contribution in [2.45, 2.75) is 38.1 Å². The van der Waals surface area contributed by atoms with Gasteiger partial charge in [-0.05, 0) is 53.5 Å². The summed E-state index contributed by atoms with van der Waals surface area (Å²) in [5.74, 6) is 1.97. The molecule has 96 valence electrons. The van der Waals surface area contributed by atoms with Gasteiger partial charge in [0.15, 0.2) is 0 Å². The zero-order valence-corrected chi connectivity index (χ0v) is 13.5. The summed E-state index contributed by atoms with van der Waals surface area (Å²) in [6, 6.07) is 7.06. The second-order valence-electron chi connectivity index (χ2n) is 4.52. The summed E-state index contributed by atoms with van der Waals surface area (Å²) in [6.07, 6.45) is 1.25. The molecule has 0 aliphatic heterocycles. The van der Waals surface area contributed by atoms with E-state index in [1.807, 2.05) is 18.8 Å². The maximum atomic E-state index is 3.67. The Morgan fingerprint density at radius 2 is 2.06 bits per heavy atom. The van der Waals surface area contributed by atoms with Gasteiger partial charge in [-0.3, -0.25) is 0 Å². The van der Waals surface area contributed by atoms with Crippen LogP contribution in [0.4, 0.5) is 0 Å². The van der Waals surface area contributed by atoms with Crippen LogP contribution in [0.15, 0.2) is 27.6 Å². The van der Waals surface area contributed by atoms with Crippen molar-refractivity contribution < 1.29 is 0 Å². The van der Waals surface area contributed by atoms with Gasteiger partial charge in [-0.1, -0.05) is 26.3 Å². The van der Waals surface area contributed by atoms with Crippen molar-refractivity contribution in [1.29, 1.82) is 0 Å². The van der Waals surface area contributed by atoms with E-state index >= 15 is 0 Å². The van der Waals surface area contributed by atoms with Crippen LogP contribution >= 0.6 is 27.7 Å². The minimum atomic E-state index is 0.403. The Kier molecular flexibility index (Phi) is 6.60. The lowest BCUT2D eigenvalue weighted by molar-refractivity contribution is 0.636. The molecular formula is C14H22BrNS. The number of nitrogens with one attached hydrogen (secondary N) is 1. The molecule has 2 atom stereocenters. The number of halogens is 1. The van der Waals surface area contributed by atoms with Gasteiger partial charge in [0.2, 0.25) is 0 Å². The number of rotatable bonds is 6. The van der Waals surface area contributed by atoms with E-state index in [1.54, 1.807) is 0 Å². The van der Waals surface area contributed by atoms with E-state index in [2.05, 4.69) is 60.2 Å². The Balaban J connectivity index is 2.69. The monoisotopic (exact) mass is 315 g/mol. The molecule has 0 spiro atoms. The van der Waals surface area contributed by atoms with Crippen molar-refractivity contribution in [2.75, 3.05) is 12.8 Å². The fraction of sp³-hybridized carbons (Fsp3) is 0.571. The SMILES string of the molecule is CCC(C)CSc1ccc(C(C)NC)cc1Br. The van der Waals surface area contributed by atoms with Crippen LogP contribution in [-0.2, 0) is 0 Å². The highest BCUT2D eigenvalue weighted by atomic mass is 79.9. The highest BCUT2D eigenvalue weighted by molar-refractivity contribution is 9.10. The van der Waals surface area contributed by atoms with Gasteiger partial charge in [-0.2, -0.15) is 0 Å². The molecule has 0 amide bonds. The average Bonchev–Trinajstić information content (AvgIpc) is 2.35. The lowest BCUT2D eigenvalue weighted by Gasteiger charge is -2.14. The van der Waals surface area contributed by atoms with Crippen molar-refractivity contribution in [3.63, 3.8) is 0 Å². The van der Waals surface area contributed by atoms with Crippen LogP contribution in [0.25, 0.3) is 0 Å². The molecule has 0 saturated heterocycles. The maximum absolute atomic E-state index is 3.67. The van der Waals surface area contributed by atoms with Crippen molar-refractivity contribution in [2.24, 2.45) is 5.92 Å². The minimum Gasteiger partial charge on any atom is -0.313 e. The van der Waals surface area contributed by atoms with Crippen LogP contribution in [0, 0.1) is 5.92 Å². The Morgan fingerprint density at radius 3 is 2.59 bits per heavy atom. The van der Waals surface area contributed by atoms with Gasteiger partial charge in [0.25, 0.3) is 0 Å². The standard InChI is InChI=1S/C14H22BrNS/c1-5-10(2)9-17-14-7-6-12(8-13(14)15)11(3)16-4/h6-8,10-11,16H,5,9H2,1-4H3. The summed E-state index contributed by atoms with van der Waals surface area (Å²) < 4.78 is 1.21. The summed E-state index contributed by atoms with van der Waals surface area (Å²) in [7, 11) is 1.99. The molecule has 0 aromatic heterocycles. The molecule has 1 rings (SSSR count). The Morgan fingerprint density at radius 1 is 1.35 bits per heavy atom. The van der Waals surface area contributed by atoms with Crippen LogP contribution < -0.4 is 5.32 Å². The predicted molar refractivity (Wildman–Crippen MR) is 81.8 cm³/mol. The maximum Gasteiger partial charge on any atom is 0.0314 e. The number of hydrogen-bond donors (Lipinski definition) is 1. The van der Waals surface area contributed by atoms with Crippen LogP contribution in [0.5, 0.6) is 0 Å². The lowest BCUT2D eigenvalue weighted by Crippen LogP contribution is -2.12. The van der Waals surface area contributed by atoms with Crippen LogP contribution in [0.2, 0.25) is 0 Å². The topological polar surface area (TPSA) is 12.0 Å². The molecule has 0 radical (unpaired) electrons. The third-order valence-corrected chi connectivity index (χ3v) is 5.43. The normalized spacial score (nSPS) is 14.6. The fourth-order valence-electron chi connectivity index (χ4n) is 1.42. The molecule has 1 aromatic rings. The van der Waals surface area contributed by atoms with Gasteiger partial charge in [-0.25, -0.2) is 0 Å². The molecule has 1 aromatic carbocycles. The van der Waals surface area contributed by atoms with Crippen LogP contribution in [0.3, 0.4) is 0 Å². The van der Waals surface area contributed by atoms with Crippen LogP contribution in [0.1, 0.15) is 38.8 Å². The van der Waals surface area contributed by atoms with Crippen molar-refractivity contribution in [3.8, 4) is 0 Å². The molecule has 1 nitrogen and oxygen atoms in total. The summed E-state index contributed by atoms with van der Waals surface area (Å²) in [4.78, 5) is 1.34. The number of thioether (sulfide) groups is 1. The average molecular weight is 316 g/mol. The Bertz CT molecular complexity index is 354. The third kappa shape index (κ3) is 4.65. The molecule has 2 unspecified atom stereocenters. The van der Waals surface area contributed by atoms with E-state index in [0.29, 0.717) is 6.04 Å². The predicted octanol–water partition coefficient (Wildman–Crippen LogP) is 4.87. The number of hydrogen-bond acceptors (Lipinski definition) is 2. The quantitative estimate of drug-likeness (QED) is 0.752. The van der Waals surface area contributed by atoms with E-state index in [4.69, 9.17) is 0 Å². The summed E-state index contributed by atoms with van der Waals surface area (Å²) in [5, 5.41) is 3.26. The van der Waals surface area contributed by atoms with Crippen LogP contribution in [-0.4, -0.2) is 12.8 Å². The van der Waals surface area contributed by atoms with Crippen molar-refractivity contribution in [3.05, 3.63) is 28.2 Å². The molecule has 1 N–H and O–H groups in total. The van der Waals surface area contributed by atoms with Gasteiger partial charge in [-0.15, -0.1) is 11.8 Å². The second-order valence-corrected chi connectivity index (χ2v) is 6.44. The minimum absolute atomic E-state index is 0.403. The molecule has 0 saturated carbocycles. The van der Waals surface area contributed by atoms with Gasteiger partial charge >= 0.3 is 0 Å². The zero-order valence-electron chi connectivity index (χ0n) is 11.1. The summed E-state index contributed by atoms with van der Waals surface area (Å²) in [6.45, 7) is 6.73. The van der Waals surface area contributed by atoms with E-state index in [9.17, 15) is 0 Å². The molecule has 3 heteroatoms. The van der Waals surface area contributed by atoms with E-state index in [1.165, 1.54) is 27.1 Å². The molecule has 17 heavy (non-hydrogen) atoms. The van der Waals surface area contributed by atoms with Gasteiger partial charge in [0.05, 0.1) is 0 Å². The first kappa shape index (κ1) is 15.1. The highest BCUT2D eigenvalue weighted by Crippen LogP contribution is 2.31. The largest absolute Gasteiger partial charge is 0.313 e. The van der Waals surface area contributed by atoms with E-state index in [-0.39, 0.29) is 0 Å². The van der Waals surface area contributed by atoms with E-state index in [0.717, 1.165) is 5.92 Å². The van der Waals surface area contributed by atoms with Crippen molar-refractivity contribution in [1.82, 2.24) is 5.32 Å².